The van der Waals surface area contributed by atoms with Crippen molar-refractivity contribution in [2.75, 3.05) is 7.05 Å². The Hall–Kier alpha value is -0.780. The summed E-state index contributed by atoms with van der Waals surface area (Å²) in [6.45, 7) is 3.59. The molecule has 0 amide bonds. The summed E-state index contributed by atoms with van der Waals surface area (Å²) in [7, 11) is 1.71. The second kappa shape index (κ2) is 5.69. The zero-order chi connectivity index (χ0) is 14.2. The van der Waals surface area contributed by atoms with Gasteiger partial charge in [0.05, 0.1) is 9.83 Å². The summed E-state index contributed by atoms with van der Waals surface area (Å²) in [5, 5.41) is 3.00. The highest BCUT2D eigenvalue weighted by Gasteiger charge is 2.24. The highest BCUT2D eigenvalue weighted by molar-refractivity contribution is 9.11. The van der Waals surface area contributed by atoms with Crippen LogP contribution in [-0.4, -0.2) is 7.05 Å². The molecule has 0 aliphatic heterocycles. The lowest BCUT2D eigenvalue weighted by Crippen LogP contribution is -2.21. The van der Waals surface area contributed by atoms with E-state index < -0.39 is 17.7 Å². The summed E-state index contributed by atoms with van der Waals surface area (Å²) in [5.41, 5.74) is 1.42. The highest BCUT2D eigenvalue weighted by Crippen LogP contribution is 2.35. The van der Waals surface area contributed by atoms with Crippen LogP contribution in [0.25, 0.3) is 0 Å². The first-order valence-electron chi connectivity index (χ1n) is 5.83. The lowest BCUT2D eigenvalue weighted by atomic mass is 9.96. The normalized spacial score (nSPS) is 12.7. The molecule has 0 fully saturated rings. The van der Waals surface area contributed by atoms with E-state index in [1.54, 1.807) is 25.3 Å². The van der Waals surface area contributed by atoms with Crippen LogP contribution >= 0.6 is 27.3 Å². The predicted molar refractivity (Wildman–Crippen MR) is 78.8 cm³/mol. The number of aryl methyl sites for hydroxylation is 2. The van der Waals surface area contributed by atoms with Gasteiger partial charge in [0.25, 0.3) is 0 Å². The van der Waals surface area contributed by atoms with E-state index in [0.29, 0.717) is 5.56 Å². The third-order valence-corrected chi connectivity index (χ3v) is 4.70. The van der Waals surface area contributed by atoms with Gasteiger partial charge in [-0.05, 0) is 60.1 Å². The first-order chi connectivity index (χ1) is 8.95. The Morgan fingerprint density at radius 3 is 2.47 bits per heavy atom. The van der Waals surface area contributed by atoms with Crippen molar-refractivity contribution in [2.45, 2.75) is 19.9 Å². The van der Waals surface area contributed by atoms with Gasteiger partial charge in [-0.15, -0.1) is 11.3 Å². The van der Waals surface area contributed by atoms with Crippen LogP contribution in [0.3, 0.4) is 0 Å². The Balaban J connectivity index is 2.61. The molecule has 2 rings (SSSR count). The molecule has 0 saturated heterocycles. The Morgan fingerprint density at radius 1 is 1.26 bits per heavy atom. The average Bonchev–Trinajstić information content (AvgIpc) is 2.69. The summed E-state index contributed by atoms with van der Waals surface area (Å²) in [4.78, 5) is 1.03. The van der Waals surface area contributed by atoms with Gasteiger partial charge in [-0.1, -0.05) is 6.07 Å². The molecule has 0 radical (unpaired) electrons. The van der Waals surface area contributed by atoms with Crippen molar-refractivity contribution in [3.63, 3.8) is 0 Å². The predicted octanol–water partition coefficient (Wildman–Crippen LogP) is 4.71. The fourth-order valence-electron chi connectivity index (χ4n) is 2.14. The fraction of sp³-hybridized carbons (Fsp3) is 0.286. The van der Waals surface area contributed by atoms with Gasteiger partial charge >= 0.3 is 0 Å². The number of thiophene rings is 1. The largest absolute Gasteiger partial charge is 0.309 e. The van der Waals surface area contributed by atoms with Gasteiger partial charge in [0.2, 0.25) is 0 Å². The molecule has 1 aromatic carbocycles. The molecule has 19 heavy (non-hydrogen) atoms. The molecule has 1 N–H and O–H groups in total. The Bertz CT molecular complexity index is 610. The third-order valence-electron chi connectivity index (χ3n) is 3.13. The summed E-state index contributed by atoms with van der Waals surface area (Å²) >= 11 is 4.96. The van der Waals surface area contributed by atoms with Crippen molar-refractivity contribution in [1.29, 1.82) is 0 Å². The van der Waals surface area contributed by atoms with Gasteiger partial charge in [-0.3, -0.25) is 0 Å². The maximum absolute atomic E-state index is 14.2. The molecule has 0 aliphatic rings. The Morgan fingerprint density at radius 2 is 1.95 bits per heavy atom. The van der Waals surface area contributed by atoms with Crippen molar-refractivity contribution in [3.05, 3.63) is 55.2 Å². The molecule has 1 nitrogen and oxygen atoms in total. The van der Waals surface area contributed by atoms with Gasteiger partial charge in [0.15, 0.2) is 0 Å². The van der Waals surface area contributed by atoms with Crippen LogP contribution in [0.15, 0.2) is 22.0 Å². The van der Waals surface area contributed by atoms with Crippen molar-refractivity contribution in [3.8, 4) is 0 Å². The Labute approximate surface area is 123 Å². The summed E-state index contributed by atoms with van der Waals surface area (Å²) in [6, 6.07) is 4.19. The standard InChI is InChI=1S/C14H14BrF2NS/c1-7-4-5-10(16)12(13(7)17)14(18-3)9-6-11(15)19-8(9)2/h4-6,14,18H,1-3H3. The van der Waals surface area contributed by atoms with Gasteiger partial charge in [0.1, 0.15) is 11.6 Å². The molecule has 1 atom stereocenters. The first kappa shape index (κ1) is 14.6. The zero-order valence-corrected chi connectivity index (χ0v) is 13.3. The molecule has 1 unspecified atom stereocenters. The molecule has 0 bridgehead atoms. The molecule has 1 aromatic heterocycles. The number of benzene rings is 1. The monoisotopic (exact) mass is 345 g/mol. The van der Waals surface area contributed by atoms with Gasteiger partial charge in [-0.25, -0.2) is 8.78 Å². The lowest BCUT2D eigenvalue weighted by molar-refractivity contribution is 0.517. The summed E-state index contributed by atoms with van der Waals surface area (Å²) < 4.78 is 29.2. The van der Waals surface area contributed by atoms with Crippen LogP contribution < -0.4 is 5.32 Å². The highest BCUT2D eigenvalue weighted by atomic mass is 79.9. The van der Waals surface area contributed by atoms with Crippen molar-refractivity contribution >= 4 is 27.3 Å². The quantitative estimate of drug-likeness (QED) is 0.848. The second-order valence-corrected chi connectivity index (χ2v) is 7.01. The van der Waals surface area contributed by atoms with Crippen LogP contribution in [-0.2, 0) is 0 Å². The zero-order valence-electron chi connectivity index (χ0n) is 10.9. The molecule has 2 aromatic rings. The molecule has 0 aliphatic carbocycles. The van der Waals surface area contributed by atoms with Gasteiger partial charge in [0, 0.05) is 10.4 Å². The fourth-order valence-corrected chi connectivity index (χ4v) is 3.89. The van der Waals surface area contributed by atoms with Crippen molar-refractivity contribution in [2.24, 2.45) is 0 Å². The van der Waals surface area contributed by atoms with E-state index >= 15 is 0 Å². The minimum Gasteiger partial charge on any atom is -0.309 e. The van der Waals surface area contributed by atoms with Crippen LogP contribution in [0.5, 0.6) is 0 Å². The second-order valence-electron chi connectivity index (χ2n) is 4.38. The first-order valence-corrected chi connectivity index (χ1v) is 7.44. The van der Waals surface area contributed by atoms with Crippen LogP contribution in [0.1, 0.15) is 27.6 Å². The summed E-state index contributed by atoms with van der Waals surface area (Å²) in [6.07, 6.45) is 0. The van der Waals surface area contributed by atoms with Gasteiger partial charge < -0.3 is 5.32 Å². The minimum absolute atomic E-state index is 0.0795. The molecule has 1 heterocycles. The van der Waals surface area contributed by atoms with E-state index in [0.717, 1.165) is 14.2 Å². The van der Waals surface area contributed by atoms with E-state index in [1.165, 1.54) is 12.1 Å². The molecule has 0 spiro atoms. The maximum atomic E-state index is 14.2. The minimum atomic E-state index is -0.524. The van der Waals surface area contributed by atoms with E-state index in [9.17, 15) is 8.78 Å². The Kier molecular flexibility index (Phi) is 4.38. The smallest absolute Gasteiger partial charge is 0.134 e. The van der Waals surface area contributed by atoms with Crippen molar-refractivity contribution < 1.29 is 8.78 Å². The van der Waals surface area contributed by atoms with Crippen LogP contribution in [0, 0.1) is 25.5 Å². The lowest BCUT2D eigenvalue weighted by Gasteiger charge is -2.19. The number of rotatable bonds is 3. The van der Waals surface area contributed by atoms with Crippen molar-refractivity contribution in [1.82, 2.24) is 5.32 Å². The number of halogens is 3. The number of hydrogen-bond donors (Lipinski definition) is 1. The van der Waals surface area contributed by atoms with Gasteiger partial charge in [-0.2, -0.15) is 0 Å². The van der Waals surface area contributed by atoms with E-state index in [4.69, 9.17) is 0 Å². The average molecular weight is 346 g/mol. The van der Waals surface area contributed by atoms with E-state index in [-0.39, 0.29) is 5.56 Å². The molecular formula is C14H14BrF2NS. The molecule has 0 saturated carbocycles. The number of nitrogens with one attached hydrogen (secondary N) is 1. The third kappa shape index (κ3) is 2.73. The molecular weight excluding hydrogens is 332 g/mol. The SMILES string of the molecule is CNC(c1cc(Br)sc1C)c1c(F)ccc(C)c1F. The molecule has 102 valence electrons. The van der Waals surface area contributed by atoms with E-state index in [2.05, 4.69) is 21.2 Å². The number of hydrogen-bond acceptors (Lipinski definition) is 2. The molecule has 5 heteroatoms. The summed E-state index contributed by atoms with van der Waals surface area (Å²) in [5.74, 6) is -1.01. The van der Waals surface area contributed by atoms with Crippen LogP contribution in [0.2, 0.25) is 0 Å². The van der Waals surface area contributed by atoms with E-state index in [1.807, 2.05) is 13.0 Å². The topological polar surface area (TPSA) is 12.0 Å². The maximum Gasteiger partial charge on any atom is 0.134 e. The van der Waals surface area contributed by atoms with Crippen LogP contribution in [0.4, 0.5) is 8.78 Å².